The van der Waals surface area contributed by atoms with Gasteiger partial charge in [-0.1, -0.05) is 0 Å². The number of rotatable bonds is 1. The Kier molecular flexibility index (Phi) is 0.845. The lowest BCUT2D eigenvalue weighted by molar-refractivity contribution is 0.707. The predicted molar refractivity (Wildman–Crippen MR) is 26.1 cm³/mol. The van der Waals surface area contributed by atoms with Crippen molar-refractivity contribution in [2.24, 2.45) is 11.7 Å². The Labute approximate surface area is 38.5 Å². The van der Waals surface area contributed by atoms with Crippen LogP contribution in [0, 0.1) is 12.8 Å². The highest BCUT2D eigenvalue weighted by molar-refractivity contribution is 4.84. The van der Waals surface area contributed by atoms with Crippen LogP contribution in [0.3, 0.4) is 0 Å². The molecule has 0 bridgehead atoms. The van der Waals surface area contributed by atoms with E-state index in [0.29, 0.717) is 0 Å². The van der Waals surface area contributed by atoms with Crippen molar-refractivity contribution in [1.29, 1.82) is 0 Å². The van der Waals surface area contributed by atoms with E-state index in [-0.39, 0.29) is 6.04 Å². The predicted octanol–water partition coefficient (Wildman–Crippen LogP) is 0.558. The quantitative estimate of drug-likeness (QED) is 0.493. The van der Waals surface area contributed by atoms with Gasteiger partial charge in [0, 0.05) is 6.04 Å². The van der Waals surface area contributed by atoms with Crippen LogP contribution in [-0.4, -0.2) is 6.04 Å². The zero-order valence-corrected chi connectivity index (χ0v) is 3.85. The van der Waals surface area contributed by atoms with E-state index < -0.39 is 0 Å². The maximum absolute atomic E-state index is 5.39. The maximum Gasteiger partial charge on any atom is 0.00677 e. The summed E-state index contributed by atoms with van der Waals surface area (Å²) in [6.07, 6.45) is 2.62. The van der Waals surface area contributed by atoms with Crippen molar-refractivity contribution in [2.75, 3.05) is 0 Å². The molecule has 0 aromatic heterocycles. The molecular formula is C5H10N. The molecule has 1 fully saturated rings. The van der Waals surface area contributed by atoms with E-state index in [1.54, 1.807) is 0 Å². The first-order chi connectivity index (χ1) is 2.80. The second-order valence-electron chi connectivity index (χ2n) is 2.00. The minimum atomic E-state index is 0.213. The standard InChI is InChI=1S/C5H10N/c1-4(6)5-2-3-5/h4-5H,1-3,6H2. The lowest BCUT2D eigenvalue weighted by Crippen LogP contribution is -2.16. The molecule has 0 saturated heterocycles. The molecule has 1 nitrogen and oxygen atoms in total. The van der Waals surface area contributed by atoms with Gasteiger partial charge in [-0.3, -0.25) is 0 Å². The first kappa shape index (κ1) is 4.13. The molecule has 1 heteroatoms. The SMILES string of the molecule is [CH2]C(N)C1CC1. The Morgan fingerprint density at radius 3 is 2.17 bits per heavy atom. The van der Waals surface area contributed by atoms with Gasteiger partial charge in [-0.25, -0.2) is 0 Å². The van der Waals surface area contributed by atoms with Gasteiger partial charge in [0.2, 0.25) is 0 Å². The molecule has 0 amide bonds. The Hall–Kier alpha value is -0.0400. The summed E-state index contributed by atoms with van der Waals surface area (Å²) in [5.74, 6) is 0.769. The number of hydrogen-bond acceptors (Lipinski definition) is 1. The lowest BCUT2D eigenvalue weighted by atomic mass is 10.2. The van der Waals surface area contributed by atoms with Gasteiger partial charge in [0.15, 0.2) is 0 Å². The van der Waals surface area contributed by atoms with Gasteiger partial charge in [-0.05, 0) is 25.7 Å². The highest BCUT2D eigenvalue weighted by Crippen LogP contribution is 2.30. The first-order valence-electron chi connectivity index (χ1n) is 2.39. The summed E-state index contributed by atoms with van der Waals surface area (Å²) in [5.41, 5.74) is 5.39. The fraction of sp³-hybridized carbons (Fsp3) is 0.800. The van der Waals surface area contributed by atoms with E-state index in [9.17, 15) is 0 Å². The van der Waals surface area contributed by atoms with Gasteiger partial charge in [0.25, 0.3) is 0 Å². The topological polar surface area (TPSA) is 26.0 Å². The molecule has 1 aliphatic carbocycles. The summed E-state index contributed by atoms with van der Waals surface area (Å²) in [7, 11) is 0. The molecule has 6 heavy (non-hydrogen) atoms. The van der Waals surface area contributed by atoms with Crippen LogP contribution < -0.4 is 5.73 Å². The summed E-state index contributed by atoms with van der Waals surface area (Å²) in [6.45, 7) is 3.68. The van der Waals surface area contributed by atoms with Gasteiger partial charge < -0.3 is 5.73 Å². The van der Waals surface area contributed by atoms with Crippen LogP contribution in [0.15, 0.2) is 0 Å². The third-order valence-electron chi connectivity index (χ3n) is 1.23. The van der Waals surface area contributed by atoms with E-state index >= 15 is 0 Å². The maximum atomic E-state index is 5.39. The number of nitrogens with two attached hydrogens (primary N) is 1. The molecule has 0 aliphatic heterocycles. The Balaban J connectivity index is 2.13. The van der Waals surface area contributed by atoms with Gasteiger partial charge in [-0.2, -0.15) is 0 Å². The van der Waals surface area contributed by atoms with Crippen LogP contribution >= 0.6 is 0 Å². The molecule has 1 rings (SSSR count). The van der Waals surface area contributed by atoms with Crippen molar-refractivity contribution < 1.29 is 0 Å². The molecule has 0 aromatic carbocycles. The zero-order chi connectivity index (χ0) is 4.57. The molecule has 1 saturated carbocycles. The highest BCUT2D eigenvalue weighted by atomic mass is 14.7. The molecule has 2 N–H and O–H groups in total. The normalized spacial score (nSPS) is 27.0. The second-order valence-corrected chi connectivity index (χ2v) is 2.00. The fourth-order valence-corrected chi connectivity index (χ4v) is 0.524. The van der Waals surface area contributed by atoms with Crippen LogP contribution in [0.5, 0.6) is 0 Å². The van der Waals surface area contributed by atoms with Gasteiger partial charge in [0.1, 0.15) is 0 Å². The molecule has 1 radical (unpaired) electrons. The molecule has 1 unspecified atom stereocenters. The molecule has 0 spiro atoms. The van der Waals surface area contributed by atoms with Gasteiger partial charge in [0.05, 0.1) is 0 Å². The van der Waals surface area contributed by atoms with Crippen molar-refractivity contribution in [3.63, 3.8) is 0 Å². The third-order valence-corrected chi connectivity index (χ3v) is 1.23. The first-order valence-corrected chi connectivity index (χ1v) is 2.39. The number of hydrogen-bond donors (Lipinski definition) is 1. The molecule has 0 heterocycles. The molecule has 35 valence electrons. The van der Waals surface area contributed by atoms with Crippen LogP contribution in [0.25, 0.3) is 0 Å². The van der Waals surface area contributed by atoms with E-state index in [0.717, 1.165) is 5.92 Å². The Bertz CT molecular complexity index is 45.9. The molecule has 0 aromatic rings. The minimum absolute atomic E-state index is 0.213. The highest BCUT2D eigenvalue weighted by Gasteiger charge is 2.24. The summed E-state index contributed by atoms with van der Waals surface area (Å²) in [5, 5.41) is 0. The zero-order valence-electron chi connectivity index (χ0n) is 3.85. The van der Waals surface area contributed by atoms with E-state index in [1.165, 1.54) is 12.8 Å². The van der Waals surface area contributed by atoms with Crippen molar-refractivity contribution >= 4 is 0 Å². The van der Waals surface area contributed by atoms with Crippen LogP contribution in [0.1, 0.15) is 12.8 Å². The van der Waals surface area contributed by atoms with Crippen molar-refractivity contribution in [2.45, 2.75) is 18.9 Å². The van der Waals surface area contributed by atoms with Crippen molar-refractivity contribution in [3.05, 3.63) is 6.92 Å². The molecule has 1 aliphatic rings. The average Bonchev–Trinajstić information content (AvgIpc) is 2.06. The minimum Gasteiger partial charge on any atom is -0.327 e. The molecule has 1 atom stereocenters. The second kappa shape index (κ2) is 1.23. The van der Waals surface area contributed by atoms with Crippen molar-refractivity contribution in [1.82, 2.24) is 0 Å². The van der Waals surface area contributed by atoms with Crippen LogP contribution in [-0.2, 0) is 0 Å². The lowest BCUT2D eigenvalue weighted by Gasteiger charge is -1.95. The summed E-state index contributed by atoms with van der Waals surface area (Å²) < 4.78 is 0. The van der Waals surface area contributed by atoms with E-state index in [2.05, 4.69) is 6.92 Å². The molecular weight excluding hydrogens is 74.1 g/mol. The average molecular weight is 84.1 g/mol. The monoisotopic (exact) mass is 84.1 g/mol. The Morgan fingerprint density at radius 1 is 1.67 bits per heavy atom. The Morgan fingerprint density at radius 2 is 2.17 bits per heavy atom. The van der Waals surface area contributed by atoms with Gasteiger partial charge in [-0.15, -0.1) is 0 Å². The van der Waals surface area contributed by atoms with Crippen LogP contribution in [0.2, 0.25) is 0 Å². The van der Waals surface area contributed by atoms with Crippen LogP contribution in [0.4, 0.5) is 0 Å². The van der Waals surface area contributed by atoms with E-state index in [4.69, 9.17) is 5.73 Å². The summed E-state index contributed by atoms with van der Waals surface area (Å²) in [6, 6.07) is 0.213. The summed E-state index contributed by atoms with van der Waals surface area (Å²) in [4.78, 5) is 0. The van der Waals surface area contributed by atoms with Gasteiger partial charge >= 0.3 is 0 Å². The summed E-state index contributed by atoms with van der Waals surface area (Å²) >= 11 is 0. The third kappa shape index (κ3) is 0.716. The smallest absolute Gasteiger partial charge is 0.00677 e. The van der Waals surface area contributed by atoms with Crippen molar-refractivity contribution in [3.8, 4) is 0 Å². The van der Waals surface area contributed by atoms with E-state index in [1.807, 2.05) is 0 Å². The largest absolute Gasteiger partial charge is 0.327 e. The fourth-order valence-electron chi connectivity index (χ4n) is 0.524.